The normalized spacial score (nSPS) is 12.1. The van der Waals surface area contributed by atoms with Gasteiger partial charge in [0, 0.05) is 12.8 Å². The minimum absolute atomic E-state index is 0.0164. The van der Waals surface area contributed by atoms with Crippen molar-refractivity contribution in [2.75, 3.05) is 6.54 Å². The second-order valence-corrected chi connectivity index (χ2v) is 13.3. The lowest BCUT2D eigenvalue weighted by atomic mass is 9.73. The van der Waals surface area contributed by atoms with E-state index >= 15 is 0 Å². The predicted octanol–water partition coefficient (Wildman–Crippen LogP) is 11.6. The van der Waals surface area contributed by atoms with Crippen LogP contribution in [0.25, 0.3) is 0 Å². The van der Waals surface area contributed by atoms with Gasteiger partial charge in [0.05, 0.1) is 0 Å². The summed E-state index contributed by atoms with van der Waals surface area (Å²) in [5, 5.41) is 10.0. The molecule has 0 rings (SSSR count). The zero-order chi connectivity index (χ0) is 33.3. The van der Waals surface area contributed by atoms with Gasteiger partial charge in [0.25, 0.3) is 0 Å². The van der Waals surface area contributed by atoms with Crippen LogP contribution in [0, 0.1) is 5.41 Å². The van der Waals surface area contributed by atoms with Gasteiger partial charge < -0.3 is 10.8 Å². The summed E-state index contributed by atoms with van der Waals surface area (Å²) in [5.74, 6) is -2.21. The maximum Gasteiger partial charge on any atom is 0.324 e. The molecule has 5 nitrogen and oxygen atoms in total. The van der Waals surface area contributed by atoms with E-state index in [4.69, 9.17) is 5.73 Å². The summed E-state index contributed by atoms with van der Waals surface area (Å²) in [6.07, 6.45) is 39.5. The van der Waals surface area contributed by atoms with E-state index in [9.17, 15) is 19.5 Å². The average Bonchev–Trinajstić information content (AvgIpc) is 3.03. The molecule has 3 N–H and O–H groups in total. The predicted molar refractivity (Wildman–Crippen MR) is 193 cm³/mol. The van der Waals surface area contributed by atoms with Crippen LogP contribution in [0.1, 0.15) is 200 Å². The van der Waals surface area contributed by atoms with E-state index < -0.39 is 23.0 Å². The molecule has 0 saturated heterocycles. The number of carboxylic acid groups (broad SMARTS) is 1. The maximum absolute atomic E-state index is 13.2. The number of aliphatic carboxylic acids is 1. The van der Waals surface area contributed by atoms with Crippen LogP contribution in [-0.4, -0.2) is 29.2 Å². The Balaban J connectivity index is 4.16. The van der Waals surface area contributed by atoms with Crippen LogP contribution in [0.4, 0.5) is 0 Å². The first-order valence-electron chi connectivity index (χ1n) is 19.3. The van der Waals surface area contributed by atoms with Crippen LogP contribution >= 0.6 is 0 Å². The molecule has 0 aliphatic carbocycles. The highest BCUT2D eigenvalue weighted by atomic mass is 16.4. The van der Waals surface area contributed by atoms with Crippen molar-refractivity contribution in [3.8, 4) is 0 Å². The fourth-order valence-corrected chi connectivity index (χ4v) is 6.14. The molecule has 262 valence electrons. The van der Waals surface area contributed by atoms with Crippen molar-refractivity contribution in [1.29, 1.82) is 0 Å². The number of allylic oxidation sites excluding steroid dienone is 4. The average molecular weight is 632 g/mol. The molecule has 0 bridgehead atoms. The van der Waals surface area contributed by atoms with Crippen molar-refractivity contribution >= 4 is 17.5 Å². The van der Waals surface area contributed by atoms with E-state index in [1.165, 1.54) is 89.9 Å². The molecule has 0 saturated carbocycles. The van der Waals surface area contributed by atoms with E-state index in [0.717, 1.165) is 64.2 Å². The standard InChI is InChI=1S/C40H73NO4/c1-3-5-7-9-11-13-15-17-19-21-23-25-27-29-31-33-37(42)40(35-36-41,39(44)45)38(43)34-32-30-28-26-24-22-20-18-16-14-12-10-8-6-4-2/h17-20H,3-16,21-36,41H2,1-2H3,(H,44,45)/b19-17-,20-18-. The fraction of sp³-hybridized carbons (Fsp3) is 0.825. The van der Waals surface area contributed by atoms with Crippen LogP contribution in [0.3, 0.4) is 0 Å². The topological polar surface area (TPSA) is 97.5 Å². The number of carbonyl (C=O) groups is 3. The van der Waals surface area contributed by atoms with Gasteiger partial charge in [-0.1, -0.05) is 141 Å². The molecule has 0 radical (unpaired) electrons. The molecule has 0 heterocycles. The highest BCUT2D eigenvalue weighted by Gasteiger charge is 2.50. The van der Waals surface area contributed by atoms with E-state index in [1.807, 2.05) is 0 Å². The molecule has 0 amide bonds. The van der Waals surface area contributed by atoms with Crippen LogP contribution < -0.4 is 5.73 Å². The Bertz CT molecular complexity index is 720. The first-order valence-corrected chi connectivity index (χ1v) is 19.3. The zero-order valence-electron chi connectivity index (χ0n) is 29.8. The summed E-state index contributed by atoms with van der Waals surface area (Å²) in [5.41, 5.74) is 3.76. The Morgan fingerprint density at radius 1 is 0.489 bits per heavy atom. The van der Waals surface area contributed by atoms with Crippen molar-refractivity contribution in [3.63, 3.8) is 0 Å². The number of nitrogens with two attached hydrogens (primary N) is 1. The molecule has 0 fully saturated rings. The van der Waals surface area contributed by atoms with Gasteiger partial charge in [0.15, 0.2) is 17.0 Å². The van der Waals surface area contributed by atoms with E-state index in [0.29, 0.717) is 12.8 Å². The second kappa shape index (κ2) is 32.2. The molecular formula is C40H73NO4. The summed E-state index contributed by atoms with van der Waals surface area (Å²) in [6, 6.07) is 0. The van der Waals surface area contributed by atoms with E-state index in [-0.39, 0.29) is 25.8 Å². The lowest BCUT2D eigenvalue weighted by Gasteiger charge is -2.26. The zero-order valence-corrected chi connectivity index (χ0v) is 29.8. The number of carboxylic acids is 1. The SMILES string of the molecule is CCCCCCCC/C=C\CCCCCCCC(=O)C(CCN)(C(=O)O)C(=O)CCCCCCC/C=C\CCCCCCCC. The minimum Gasteiger partial charge on any atom is -0.480 e. The number of hydrogen-bond donors (Lipinski definition) is 2. The van der Waals surface area contributed by atoms with Gasteiger partial charge in [-0.05, 0) is 77.2 Å². The molecule has 0 aliphatic rings. The maximum atomic E-state index is 13.2. The molecule has 0 aromatic carbocycles. The first kappa shape index (κ1) is 43.2. The van der Waals surface area contributed by atoms with Crippen molar-refractivity contribution < 1.29 is 19.5 Å². The summed E-state index contributed by atoms with van der Waals surface area (Å²) < 4.78 is 0. The molecule has 0 aliphatic heterocycles. The van der Waals surface area contributed by atoms with Crippen molar-refractivity contribution in [3.05, 3.63) is 24.3 Å². The van der Waals surface area contributed by atoms with Gasteiger partial charge in [-0.3, -0.25) is 14.4 Å². The molecule has 45 heavy (non-hydrogen) atoms. The van der Waals surface area contributed by atoms with Gasteiger partial charge in [-0.25, -0.2) is 0 Å². The highest BCUT2D eigenvalue weighted by Crippen LogP contribution is 2.30. The first-order chi connectivity index (χ1) is 22.0. The third-order valence-electron chi connectivity index (χ3n) is 9.17. The number of carbonyl (C=O) groups excluding carboxylic acids is 2. The summed E-state index contributed by atoms with van der Waals surface area (Å²) >= 11 is 0. The quantitative estimate of drug-likeness (QED) is 0.0412. The van der Waals surface area contributed by atoms with Gasteiger partial charge >= 0.3 is 5.97 Å². The fourth-order valence-electron chi connectivity index (χ4n) is 6.14. The van der Waals surface area contributed by atoms with Crippen LogP contribution in [0.5, 0.6) is 0 Å². The Kier molecular flexibility index (Phi) is 30.9. The second-order valence-electron chi connectivity index (χ2n) is 13.3. The number of hydrogen-bond acceptors (Lipinski definition) is 4. The lowest BCUT2D eigenvalue weighted by Crippen LogP contribution is -2.47. The van der Waals surface area contributed by atoms with Gasteiger partial charge in [0.1, 0.15) is 0 Å². The Morgan fingerprint density at radius 3 is 1.07 bits per heavy atom. The summed E-state index contributed by atoms with van der Waals surface area (Å²) in [4.78, 5) is 38.6. The number of Topliss-reactive ketones (excluding diaryl/α,β-unsaturated/α-hetero) is 2. The Labute approximate surface area is 278 Å². The number of unbranched alkanes of at least 4 members (excludes halogenated alkanes) is 22. The summed E-state index contributed by atoms with van der Waals surface area (Å²) in [7, 11) is 0. The molecule has 0 aromatic rings. The van der Waals surface area contributed by atoms with Gasteiger partial charge in [0.2, 0.25) is 0 Å². The third-order valence-corrected chi connectivity index (χ3v) is 9.17. The van der Waals surface area contributed by atoms with Crippen molar-refractivity contribution in [2.24, 2.45) is 11.1 Å². The summed E-state index contributed by atoms with van der Waals surface area (Å²) in [6.45, 7) is 4.52. The van der Waals surface area contributed by atoms with Gasteiger partial charge in [-0.15, -0.1) is 0 Å². The highest BCUT2D eigenvalue weighted by molar-refractivity contribution is 6.21. The molecule has 0 unspecified atom stereocenters. The molecular weight excluding hydrogens is 558 g/mol. The van der Waals surface area contributed by atoms with Gasteiger partial charge in [-0.2, -0.15) is 0 Å². The van der Waals surface area contributed by atoms with Crippen LogP contribution in [0.2, 0.25) is 0 Å². The van der Waals surface area contributed by atoms with Crippen molar-refractivity contribution in [1.82, 2.24) is 0 Å². The number of ketones is 2. The molecule has 0 aromatic heterocycles. The molecule has 0 spiro atoms. The van der Waals surface area contributed by atoms with Crippen LogP contribution in [-0.2, 0) is 14.4 Å². The minimum atomic E-state index is -1.96. The van der Waals surface area contributed by atoms with E-state index in [1.54, 1.807) is 0 Å². The smallest absolute Gasteiger partial charge is 0.324 e. The molecule has 5 heteroatoms. The van der Waals surface area contributed by atoms with Crippen LogP contribution in [0.15, 0.2) is 24.3 Å². The number of rotatable bonds is 35. The monoisotopic (exact) mass is 632 g/mol. The lowest BCUT2D eigenvalue weighted by molar-refractivity contribution is -0.160. The Morgan fingerprint density at radius 2 is 0.778 bits per heavy atom. The third kappa shape index (κ3) is 23.3. The van der Waals surface area contributed by atoms with Crippen molar-refractivity contribution in [2.45, 2.75) is 200 Å². The largest absolute Gasteiger partial charge is 0.480 e. The van der Waals surface area contributed by atoms with E-state index in [2.05, 4.69) is 38.2 Å². The Hall–Kier alpha value is -1.75. The molecule has 0 atom stereocenters.